The monoisotopic (exact) mass is 457 g/mol. The topological polar surface area (TPSA) is 63.7 Å². The normalized spacial score (nSPS) is 12.3. The molecule has 31 heavy (non-hydrogen) atoms. The van der Waals surface area contributed by atoms with Gasteiger partial charge in [-0.3, -0.25) is 4.79 Å². The molecule has 0 aliphatic rings. The largest absolute Gasteiger partial charge is 0.481 e. The van der Waals surface area contributed by atoms with Crippen LogP contribution in [0.3, 0.4) is 0 Å². The highest BCUT2D eigenvalue weighted by atomic mass is 35.5. The maximum absolute atomic E-state index is 13.4. The van der Waals surface area contributed by atoms with Gasteiger partial charge in [0.2, 0.25) is 0 Å². The quantitative estimate of drug-likeness (QED) is 0.493. The molecule has 0 spiro atoms. The third-order valence-electron chi connectivity index (χ3n) is 4.82. The number of benzene rings is 3. The van der Waals surface area contributed by atoms with Crippen molar-refractivity contribution in [2.24, 2.45) is 0 Å². The molecular weight excluding hydrogens is 434 g/mol. The summed E-state index contributed by atoms with van der Waals surface area (Å²) >= 11 is 6.21. The highest BCUT2D eigenvalue weighted by Gasteiger charge is 2.34. The first kappa shape index (κ1) is 22.8. The van der Waals surface area contributed by atoms with Crippen molar-refractivity contribution < 1.29 is 17.9 Å². The lowest BCUT2D eigenvalue weighted by atomic mass is 10.1. The van der Waals surface area contributed by atoms with Gasteiger partial charge in [-0.1, -0.05) is 47.5 Å². The van der Waals surface area contributed by atoms with Crippen LogP contribution >= 0.6 is 11.6 Å². The number of carbonyl (C=O) groups is 1. The summed E-state index contributed by atoms with van der Waals surface area (Å²) < 4.78 is 33.4. The number of nitrogens with zero attached hydrogens (tertiary/aromatic N) is 1. The molecule has 3 aromatic rings. The Bertz CT molecular complexity index is 1170. The van der Waals surface area contributed by atoms with Gasteiger partial charge < -0.3 is 4.74 Å². The summed E-state index contributed by atoms with van der Waals surface area (Å²) in [4.78, 5) is 13.4. The van der Waals surface area contributed by atoms with Crippen molar-refractivity contribution >= 4 is 33.2 Å². The van der Waals surface area contributed by atoms with Gasteiger partial charge in [-0.15, -0.1) is 0 Å². The smallest absolute Gasteiger partial charge is 0.281 e. The second-order valence-corrected chi connectivity index (χ2v) is 9.55. The summed E-state index contributed by atoms with van der Waals surface area (Å²) in [5.41, 5.74) is 2.82. The molecular formula is C24H24ClNO4S. The second-order valence-electron chi connectivity index (χ2n) is 7.39. The van der Waals surface area contributed by atoms with Gasteiger partial charge in [0.15, 0.2) is 6.10 Å². The van der Waals surface area contributed by atoms with E-state index in [0.717, 1.165) is 21.0 Å². The van der Waals surface area contributed by atoms with Crippen LogP contribution in [0.2, 0.25) is 5.02 Å². The molecule has 0 fully saturated rings. The summed E-state index contributed by atoms with van der Waals surface area (Å²) in [7, 11) is -4.14. The van der Waals surface area contributed by atoms with Gasteiger partial charge in [0, 0.05) is 5.02 Å². The molecule has 0 saturated carbocycles. The third-order valence-corrected chi connectivity index (χ3v) is 7.16. The molecule has 7 heteroatoms. The minimum atomic E-state index is -4.14. The highest BCUT2D eigenvalue weighted by Crippen LogP contribution is 2.29. The Kier molecular flexibility index (Phi) is 6.72. The summed E-state index contributed by atoms with van der Waals surface area (Å²) in [6.45, 7) is 7.10. The van der Waals surface area contributed by atoms with E-state index in [0.29, 0.717) is 10.8 Å². The number of anilines is 1. The Hall–Kier alpha value is -2.83. The first-order chi connectivity index (χ1) is 14.6. The molecule has 5 nitrogen and oxygen atoms in total. The lowest BCUT2D eigenvalue weighted by molar-refractivity contribution is -0.123. The van der Waals surface area contributed by atoms with Crippen molar-refractivity contribution in [1.29, 1.82) is 0 Å². The van der Waals surface area contributed by atoms with Crippen LogP contribution in [0.4, 0.5) is 5.69 Å². The molecule has 0 heterocycles. The maximum atomic E-state index is 13.4. The van der Waals surface area contributed by atoms with Crippen molar-refractivity contribution in [3.8, 4) is 5.75 Å². The van der Waals surface area contributed by atoms with E-state index in [9.17, 15) is 13.2 Å². The molecule has 0 aliphatic carbocycles. The van der Waals surface area contributed by atoms with Crippen molar-refractivity contribution in [3.63, 3.8) is 0 Å². The third kappa shape index (κ3) is 4.92. The van der Waals surface area contributed by atoms with Crippen LogP contribution < -0.4 is 9.04 Å². The standard InChI is InChI=1S/C24H24ClNO4S/c1-16-10-12-20(13-11-16)26(31(28,29)22-8-6-5-7-9-22)24(27)19(4)30-21-14-17(2)23(25)18(3)15-21/h5-15,19H,1-4H3. The Morgan fingerprint density at radius 1 is 0.935 bits per heavy atom. The summed E-state index contributed by atoms with van der Waals surface area (Å²) in [5.74, 6) is -0.251. The van der Waals surface area contributed by atoms with Crippen LogP contribution in [0.5, 0.6) is 5.75 Å². The second kappa shape index (κ2) is 9.12. The molecule has 0 bridgehead atoms. The Morgan fingerprint density at radius 3 is 2.03 bits per heavy atom. The summed E-state index contributed by atoms with van der Waals surface area (Å²) in [5, 5.41) is 0.624. The molecule has 0 radical (unpaired) electrons. The zero-order valence-electron chi connectivity index (χ0n) is 17.8. The predicted molar refractivity (Wildman–Crippen MR) is 123 cm³/mol. The number of rotatable bonds is 6. The number of sulfonamides is 1. The molecule has 162 valence electrons. The van der Waals surface area contributed by atoms with E-state index in [4.69, 9.17) is 16.3 Å². The Morgan fingerprint density at radius 2 is 1.48 bits per heavy atom. The molecule has 3 rings (SSSR count). The van der Waals surface area contributed by atoms with Crippen molar-refractivity contribution in [2.45, 2.75) is 38.7 Å². The summed E-state index contributed by atoms with van der Waals surface area (Å²) in [6, 6.07) is 18.0. The minimum absolute atomic E-state index is 0.0225. The lowest BCUT2D eigenvalue weighted by Crippen LogP contribution is -2.44. The van der Waals surface area contributed by atoms with Crippen LogP contribution in [-0.2, 0) is 14.8 Å². The Labute approximate surface area is 188 Å². The van der Waals surface area contributed by atoms with Gasteiger partial charge in [-0.2, -0.15) is 4.31 Å². The van der Waals surface area contributed by atoms with Crippen molar-refractivity contribution in [1.82, 2.24) is 0 Å². The number of hydrogen-bond acceptors (Lipinski definition) is 4. The fourth-order valence-corrected chi connectivity index (χ4v) is 4.76. The van der Waals surface area contributed by atoms with Crippen molar-refractivity contribution in [2.75, 3.05) is 4.31 Å². The molecule has 0 aromatic heterocycles. The van der Waals surface area contributed by atoms with Gasteiger partial charge in [0.1, 0.15) is 5.75 Å². The van der Waals surface area contributed by atoms with Crippen LogP contribution in [0.25, 0.3) is 0 Å². The van der Waals surface area contributed by atoms with E-state index in [1.807, 2.05) is 20.8 Å². The molecule has 0 N–H and O–H groups in total. The predicted octanol–water partition coefficient (Wildman–Crippen LogP) is 5.45. The zero-order chi connectivity index (χ0) is 22.8. The lowest BCUT2D eigenvalue weighted by Gasteiger charge is -2.26. The Balaban J connectivity index is 2.01. The molecule has 1 unspecified atom stereocenters. The average Bonchev–Trinajstić information content (AvgIpc) is 2.74. The van der Waals surface area contributed by atoms with E-state index in [-0.39, 0.29) is 10.6 Å². The van der Waals surface area contributed by atoms with Crippen molar-refractivity contribution in [3.05, 3.63) is 88.4 Å². The molecule has 1 atom stereocenters. The van der Waals surface area contributed by atoms with E-state index < -0.39 is 22.0 Å². The number of amides is 1. The van der Waals surface area contributed by atoms with Crippen LogP contribution in [0.1, 0.15) is 23.6 Å². The zero-order valence-corrected chi connectivity index (χ0v) is 19.4. The SMILES string of the molecule is Cc1ccc(N(C(=O)C(C)Oc2cc(C)c(Cl)c(C)c2)S(=O)(=O)c2ccccc2)cc1. The van der Waals surface area contributed by atoms with Gasteiger partial charge in [0.05, 0.1) is 10.6 Å². The van der Waals surface area contributed by atoms with Crippen LogP contribution in [0.15, 0.2) is 71.6 Å². The van der Waals surface area contributed by atoms with Gasteiger partial charge in [-0.05, 0) is 75.2 Å². The average molecular weight is 458 g/mol. The number of aryl methyl sites for hydroxylation is 3. The highest BCUT2D eigenvalue weighted by molar-refractivity contribution is 7.93. The van der Waals surface area contributed by atoms with E-state index >= 15 is 0 Å². The number of hydrogen-bond donors (Lipinski definition) is 0. The maximum Gasteiger partial charge on any atom is 0.281 e. The molecule has 3 aromatic carbocycles. The van der Waals surface area contributed by atoms with Gasteiger partial charge in [-0.25, -0.2) is 8.42 Å². The number of ether oxygens (including phenoxy) is 1. The van der Waals surface area contributed by atoms with E-state index in [2.05, 4.69) is 0 Å². The first-order valence-electron chi connectivity index (χ1n) is 9.75. The van der Waals surface area contributed by atoms with E-state index in [1.54, 1.807) is 54.6 Å². The number of carbonyl (C=O) groups excluding carboxylic acids is 1. The fraction of sp³-hybridized carbons (Fsp3) is 0.208. The number of halogens is 1. The van der Waals surface area contributed by atoms with Crippen LogP contribution in [0, 0.1) is 20.8 Å². The first-order valence-corrected chi connectivity index (χ1v) is 11.6. The van der Waals surface area contributed by atoms with Gasteiger partial charge >= 0.3 is 0 Å². The minimum Gasteiger partial charge on any atom is -0.481 e. The summed E-state index contributed by atoms with van der Waals surface area (Å²) in [6.07, 6.45) is -1.06. The van der Waals surface area contributed by atoms with Crippen LogP contribution in [-0.4, -0.2) is 20.4 Å². The fourth-order valence-electron chi connectivity index (χ4n) is 3.16. The van der Waals surface area contributed by atoms with Gasteiger partial charge in [0.25, 0.3) is 15.9 Å². The van der Waals surface area contributed by atoms with E-state index in [1.165, 1.54) is 19.1 Å². The molecule has 1 amide bonds. The molecule has 0 aliphatic heterocycles. The molecule has 0 saturated heterocycles.